The lowest BCUT2D eigenvalue weighted by Gasteiger charge is -2.19. The standard InChI is InChI=1S/C18H18O2/c19-16-10-11-18(20)15(12-16)9-8-14-6-3-5-13-4-1-2-7-17(13)14/h1-7,15H,8-12H2. The number of carbonyl (C=O) groups is 2. The van der Waals surface area contributed by atoms with Crippen LogP contribution in [0.2, 0.25) is 0 Å². The minimum Gasteiger partial charge on any atom is -0.300 e. The van der Waals surface area contributed by atoms with Crippen LogP contribution in [-0.4, -0.2) is 11.6 Å². The first-order valence-electron chi connectivity index (χ1n) is 7.25. The predicted octanol–water partition coefficient (Wildman–Crippen LogP) is 3.71. The van der Waals surface area contributed by atoms with E-state index >= 15 is 0 Å². The number of rotatable bonds is 3. The monoisotopic (exact) mass is 266 g/mol. The molecule has 0 bridgehead atoms. The van der Waals surface area contributed by atoms with E-state index in [2.05, 4.69) is 30.3 Å². The van der Waals surface area contributed by atoms with Gasteiger partial charge in [0.05, 0.1) is 0 Å². The minimum atomic E-state index is -0.0600. The number of hydrogen-bond acceptors (Lipinski definition) is 2. The second kappa shape index (κ2) is 5.58. The summed E-state index contributed by atoms with van der Waals surface area (Å²) in [4.78, 5) is 23.4. The van der Waals surface area contributed by atoms with Crippen molar-refractivity contribution in [3.63, 3.8) is 0 Å². The summed E-state index contributed by atoms with van der Waals surface area (Å²) in [5.41, 5.74) is 1.27. The molecule has 0 spiro atoms. The summed E-state index contributed by atoms with van der Waals surface area (Å²) in [6.45, 7) is 0. The second-order valence-electron chi connectivity index (χ2n) is 5.58. The summed E-state index contributed by atoms with van der Waals surface area (Å²) in [6, 6.07) is 14.6. The van der Waals surface area contributed by atoms with Crippen LogP contribution in [-0.2, 0) is 16.0 Å². The fourth-order valence-electron chi connectivity index (χ4n) is 3.06. The van der Waals surface area contributed by atoms with Crippen molar-refractivity contribution in [3.8, 4) is 0 Å². The molecule has 0 N–H and O–H groups in total. The van der Waals surface area contributed by atoms with Gasteiger partial charge in [-0.2, -0.15) is 0 Å². The van der Waals surface area contributed by atoms with Crippen LogP contribution in [0, 0.1) is 5.92 Å². The Kier molecular flexibility index (Phi) is 3.64. The topological polar surface area (TPSA) is 34.1 Å². The van der Waals surface area contributed by atoms with Gasteiger partial charge < -0.3 is 0 Å². The molecule has 102 valence electrons. The molecule has 0 saturated heterocycles. The first-order chi connectivity index (χ1) is 9.74. The Labute approximate surface area is 118 Å². The molecule has 20 heavy (non-hydrogen) atoms. The van der Waals surface area contributed by atoms with Gasteiger partial charge in [-0.05, 0) is 29.2 Å². The van der Waals surface area contributed by atoms with Gasteiger partial charge in [0.25, 0.3) is 0 Å². The third-order valence-corrected chi connectivity index (χ3v) is 4.22. The maximum Gasteiger partial charge on any atom is 0.136 e. The molecule has 2 nitrogen and oxygen atoms in total. The van der Waals surface area contributed by atoms with E-state index in [0.29, 0.717) is 19.3 Å². The van der Waals surface area contributed by atoms with Crippen LogP contribution >= 0.6 is 0 Å². The molecule has 1 saturated carbocycles. The Morgan fingerprint density at radius 3 is 2.65 bits per heavy atom. The minimum absolute atomic E-state index is 0.0600. The molecule has 0 aliphatic heterocycles. The third-order valence-electron chi connectivity index (χ3n) is 4.22. The quantitative estimate of drug-likeness (QED) is 0.848. The van der Waals surface area contributed by atoms with Crippen molar-refractivity contribution in [1.82, 2.24) is 0 Å². The van der Waals surface area contributed by atoms with E-state index in [4.69, 9.17) is 0 Å². The molecule has 0 amide bonds. The molecule has 1 atom stereocenters. The lowest BCUT2D eigenvalue weighted by Crippen LogP contribution is -2.25. The van der Waals surface area contributed by atoms with Crippen LogP contribution in [0.5, 0.6) is 0 Å². The molecule has 0 aromatic heterocycles. The molecule has 0 heterocycles. The number of Topliss-reactive ketones (excluding diaryl/α,β-unsaturated/α-hetero) is 2. The van der Waals surface area contributed by atoms with Gasteiger partial charge in [-0.15, -0.1) is 0 Å². The van der Waals surface area contributed by atoms with Crippen LogP contribution in [0.3, 0.4) is 0 Å². The van der Waals surface area contributed by atoms with Crippen molar-refractivity contribution >= 4 is 22.3 Å². The zero-order valence-electron chi connectivity index (χ0n) is 11.5. The average molecular weight is 266 g/mol. The Morgan fingerprint density at radius 2 is 1.75 bits per heavy atom. The summed E-state index contributed by atoms with van der Waals surface area (Å²) in [5, 5.41) is 2.49. The van der Waals surface area contributed by atoms with E-state index in [-0.39, 0.29) is 17.5 Å². The number of benzene rings is 2. The van der Waals surface area contributed by atoms with E-state index in [0.717, 1.165) is 12.8 Å². The molecule has 1 unspecified atom stereocenters. The van der Waals surface area contributed by atoms with E-state index in [1.165, 1.54) is 16.3 Å². The van der Waals surface area contributed by atoms with Crippen LogP contribution in [0.1, 0.15) is 31.2 Å². The molecular formula is C18H18O2. The van der Waals surface area contributed by atoms with E-state index in [9.17, 15) is 9.59 Å². The fraction of sp³-hybridized carbons (Fsp3) is 0.333. The van der Waals surface area contributed by atoms with Gasteiger partial charge >= 0.3 is 0 Å². The van der Waals surface area contributed by atoms with Crippen LogP contribution in [0.4, 0.5) is 0 Å². The van der Waals surface area contributed by atoms with Crippen LogP contribution < -0.4 is 0 Å². The van der Waals surface area contributed by atoms with Crippen molar-refractivity contribution in [3.05, 3.63) is 48.0 Å². The van der Waals surface area contributed by atoms with Crippen molar-refractivity contribution < 1.29 is 9.59 Å². The summed E-state index contributed by atoms with van der Waals surface area (Å²) < 4.78 is 0. The van der Waals surface area contributed by atoms with Gasteiger partial charge in [0.1, 0.15) is 11.6 Å². The Balaban J connectivity index is 1.77. The molecule has 2 heteroatoms. The molecule has 1 aliphatic carbocycles. The maximum absolute atomic E-state index is 11.9. The maximum atomic E-state index is 11.9. The van der Waals surface area contributed by atoms with Crippen molar-refractivity contribution in [1.29, 1.82) is 0 Å². The predicted molar refractivity (Wildman–Crippen MR) is 79.6 cm³/mol. The highest BCUT2D eigenvalue weighted by Gasteiger charge is 2.26. The number of carbonyl (C=O) groups excluding carboxylic acids is 2. The Hall–Kier alpha value is -1.96. The van der Waals surface area contributed by atoms with Crippen molar-refractivity contribution in [2.24, 2.45) is 5.92 Å². The van der Waals surface area contributed by atoms with Gasteiger partial charge in [0, 0.05) is 25.2 Å². The lowest BCUT2D eigenvalue weighted by atomic mass is 9.83. The molecule has 2 aromatic carbocycles. The highest BCUT2D eigenvalue weighted by atomic mass is 16.1. The smallest absolute Gasteiger partial charge is 0.136 e. The fourth-order valence-corrected chi connectivity index (χ4v) is 3.06. The lowest BCUT2D eigenvalue weighted by molar-refractivity contribution is -0.133. The summed E-state index contributed by atoms with van der Waals surface area (Å²) >= 11 is 0. The normalized spacial score (nSPS) is 19.5. The second-order valence-corrected chi connectivity index (χ2v) is 5.58. The highest BCUT2D eigenvalue weighted by Crippen LogP contribution is 2.25. The molecule has 2 aromatic rings. The molecule has 1 aliphatic rings. The van der Waals surface area contributed by atoms with Gasteiger partial charge in [-0.3, -0.25) is 9.59 Å². The van der Waals surface area contributed by atoms with Crippen molar-refractivity contribution in [2.75, 3.05) is 0 Å². The first-order valence-corrected chi connectivity index (χ1v) is 7.25. The molecule has 1 fully saturated rings. The number of hydrogen-bond donors (Lipinski definition) is 0. The summed E-state index contributed by atoms with van der Waals surface area (Å²) in [6.07, 6.45) is 3.00. The Morgan fingerprint density at radius 1 is 0.950 bits per heavy atom. The zero-order chi connectivity index (χ0) is 13.9. The van der Waals surface area contributed by atoms with Gasteiger partial charge in [-0.1, -0.05) is 42.5 Å². The van der Waals surface area contributed by atoms with E-state index in [1.54, 1.807) is 0 Å². The molecule has 0 radical (unpaired) electrons. The molecular weight excluding hydrogens is 248 g/mol. The number of fused-ring (bicyclic) bond motifs is 1. The van der Waals surface area contributed by atoms with Gasteiger partial charge in [0.15, 0.2) is 0 Å². The summed E-state index contributed by atoms with van der Waals surface area (Å²) in [7, 11) is 0. The number of aryl methyl sites for hydroxylation is 1. The summed E-state index contributed by atoms with van der Waals surface area (Å²) in [5.74, 6) is 0.451. The van der Waals surface area contributed by atoms with E-state index < -0.39 is 0 Å². The Bertz CT molecular complexity index is 652. The third kappa shape index (κ3) is 2.64. The van der Waals surface area contributed by atoms with E-state index in [1.807, 2.05) is 12.1 Å². The largest absolute Gasteiger partial charge is 0.300 e. The zero-order valence-corrected chi connectivity index (χ0v) is 11.5. The number of ketones is 2. The SMILES string of the molecule is O=C1CCC(=O)C(CCc2cccc3ccccc23)C1. The average Bonchev–Trinajstić information content (AvgIpc) is 2.48. The van der Waals surface area contributed by atoms with Crippen molar-refractivity contribution in [2.45, 2.75) is 32.1 Å². The highest BCUT2D eigenvalue weighted by molar-refractivity contribution is 5.94. The first kappa shape index (κ1) is 13.0. The van der Waals surface area contributed by atoms with Gasteiger partial charge in [-0.25, -0.2) is 0 Å². The molecule has 3 rings (SSSR count). The van der Waals surface area contributed by atoms with Crippen LogP contribution in [0.15, 0.2) is 42.5 Å². The van der Waals surface area contributed by atoms with Gasteiger partial charge in [0.2, 0.25) is 0 Å². The van der Waals surface area contributed by atoms with Crippen LogP contribution in [0.25, 0.3) is 10.8 Å².